The molecule has 62 valence electrons. The number of nitrogens with one attached hydrogen (secondary N) is 1. The molecule has 0 saturated carbocycles. The highest BCUT2D eigenvalue weighted by atomic mass is 79.9. The van der Waals surface area contributed by atoms with Crippen molar-refractivity contribution in [3.63, 3.8) is 0 Å². The van der Waals surface area contributed by atoms with Gasteiger partial charge in [0.1, 0.15) is 0 Å². The molecule has 1 heterocycles. The van der Waals surface area contributed by atoms with Gasteiger partial charge in [-0.2, -0.15) is 11.3 Å². The average molecular weight is 236 g/mol. The monoisotopic (exact) mass is 235 g/mol. The van der Waals surface area contributed by atoms with E-state index in [-0.39, 0.29) is 6.61 Å². The summed E-state index contributed by atoms with van der Waals surface area (Å²) >= 11 is 5.10. The first-order valence-electron chi connectivity index (χ1n) is 3.36. The molecule has 1 aromatic rings. The predicted molar refractivity (Wildman–Crippen MR) is 50.8 cm³/mol. The second kappa shape index (κ2) is 4.87. The van der Waals surface area contributed by atoms with Crippen LogP contribution in [0.4, 0.5) is 0 Å². The quantitative estimate of drug-likeness (QED) is 0.778. The van der Waals surface area contributed by atoms with E-state index in [1.807, 2.05) is 0 Å². The predicted octanol–water partition coefficient (Wildman–Crippen LogP) is 1.59. The SMILES string of the molecule is OCCNCc1cscc1Br. The van der Waals surface area contributed by atoms with Gasteiger partial charge in [-0.3, -0.25) is 0 Å². The van der Waals surface area contributed by atoms with Crippen LogP contribution in [0.2, 0.25) is 0 Å². The lowest BCUT2D eigenvalue weighted by atomic mass is 10.3. The van der Waals surface area contributed by atoms with E-state index in [1.165, 1.54) is 5.56 Å². The fourth-order valence-corrected chi connectivity index (χ4v) is 2.18. The Labute approximate surface area is 78.4 Å². The van der Waals surface area contributed by atoms with Crippen molar-refractivity contribution in [2.75, 3.05) is 13.2 Å². The van der Waals surface area contributed by atoms with Gasteiger partial charge in [-0.15, -0.1) is 0 Å². The molecule has 2 nitrogen and oxygen atoms in total. The fraction of sp³-hybridized carbons (Fsp3) is 0.429. The van der Waals surface area contributed by atoms with Crippen LogP contribution in [-0.2, 0) is 6.54 Å². The second-order valence-corrected chi connectivity index (χ2v) is 3.74. The number of hydrogen-bond acceptors (Lipinski definition) is 3. The smallest absolute Gasteiger partial charge is 0.0556 e. The largest absolute Gasteiger partial charge is 0.395 e. The minimum atomic E-state index is 0.196. The molecular formula is C7H10BrNOS. The van der Waals surface area contributed by atoms with Gasteiger partial charge in [-0.1, -0.05) is 0 Å². The van der Waals surface area contributed by atoms with Gasteiger partial charge in [-0.05, 0) is 26.9 Å². The van der Waals surface area contributed by atoms with Gasteiger partial charge in [0.25, 0.3) is 0 Å². The summed E-state index contributed by atoms with van der Waals surface area (Å²) in [7, 11) is 0. The molecule has 0 spiro atoms. The van der Waals surface area contributed by atoms with Gasteiger partial charge < -0.3 is 10.4 Å². The summed E-state index contributed by atoms with van der Waals surface area (Å²) in [5, 5.41) is 15.7. The zero-order chi connectivity index (χ0) is 8.10. The van der Waals surface area contributed by atoms with E-state index in [0.29, 0.717) is 6.54 Å². The lowest BCUT2D eigenvalue weighted by Gasteiger charge is -1.99. The molecule has 0 radical (unpaired) electrons. The number of hydrogen-bond donors (Lipinski definition) is 2. The van der Waals surface area contributed by atoms with E-state index in [2.05, 4.69) is 32.0 Å². The van der Waals surface area contributed by atoms with Gasteiger partial charge in [0.15, 0.2) is 0 Å². The standard InChI is InChI=1S/C7H10BrNOS/c8-7-5-11-4-6(7)3-9-1-2-10/h4-5,9-10H,1-3H2. The fourth-order valence-electron chi connectivity index (χ4n) is 0.736. The molecule has 1 rings (SSSR count). The van der Waals surface area contributed by atoms with Crippen LogP contribution in [0.3, 0.4) is 0 Å². The maximum atomic E-state index is 8.49. The molecular weight excluding hydrogens is 226 g/mol. The normalized spacial score (nSPS) is 10.4. The molecule has 0 aliphatic heterocycles. The zero-order valence-corrected chi connectivity index (χ0v) is 8.41. The number of thiophene rings is 1. The molecule has 2 N–H and O–H groups in total. The summed E-state index contributed by atoms with van der Waals surface area (Å²) in [4.78, 5) is 0. The molecule has 1 aromatic heterocycles. The van der Waals surface area contributed by atoms with Crippen LogP contribution in [0.5, 0.6) is 0 Å². The summed E-state index contributed by atoms with van der Waals surface area (Å²) in [6.45, 7) is 1.68. The van der Waals surface area contributed by atoms with E-state index >= 15 is 0 Å². The molecule has 0 aliphatic carbocycles. The van der Waals surface area contributed by atoms with E-state index in [1.54, 1.807) is 11.3 Å². The molecule has 4 heteroatoms. The number of aliphatic hydroxyl groups is 1. The minimum Gasteiger partial charge on any atom is -0.395 e. The van der Waals surface area contributed by atoms with Crippen molar-refractivity contribution in [2.24, 2.45) is 0 Å². The van der Waals surface area contributed by atoms with E-state index in [9.17, 15) is 0 Å². The molecule has 0 saturated heterocycles. The van der Waals surface area contributed by atoms with Crippen molar-refractivity contribution in [1.29, 1.82) is 0 Å². The Bertz CT molecular complexity index is 214. The Morgan fingerprint density at radius 1 is 1.55 bits per heavy atom. The number of rotatable bonds is 4. The Hall–Kier alpha value is 0.100. The van der Waals surface area contributed by atoms with Crippen molar-refractivity contribution in [3.8, 4) is 0 Å². The van der Waals surface area contributed by atoms with Gasteiger partial charge in [0.05, 0.1) is 6.61 Å². The highest BCUT2D eigenvalue weighted by Gasteiger charge is 1.98. The molecule has 0 bridgehead atoms. The minimum absolute atomic E-state index is 0.196. The maximum absolute atomic E-state index is 8.49. The molecule has 0 amide bonds. The van der Waals surface area contributed by atoms with Crippen LogP contribution in [0.1, 0.15) is 5.56 Å². The highest BCUT2D eigenvalue weighted by Crippen LogP contribution is 2.20. The third-order valence-corrected chi connectivity index (χ3v) is 3.13. The molecule has 0 fully saturated rings. The Kier molecular flexibility index (Phi) is 4.07. The molecule has 0 unspecified atom stereocenters. The zero-order valence-electron chi connectivity index (χ0n) is 6.01. The van der Waals surface area contributed by atoms with Crippen molar-refractivity contribution >= 4 is 27.3 Å². The molecule has 11 heavy (non-hydrogen) atoms. The first kappa shape index (κ1) is 9.19. The van der Waals surface area contributed by atoms with Crippen molar-refractivity contribution < 1.29 is 5.11 Å². The highest BCUT2D eigenvalue weighted by molar-refractivity contribution is 9.10. The summed E-state index contributed by atoms with van der Waals surface area (Å²) in [6, 6.07) is 0. The summed E-state index contributed by atoms with van der Waals surface area (Å²) in [6.07, 6.45) is 0. The van der Waals surface area contributed by atoms with E-state index in [0.717, 1.165) is 11.0 Å². The summed E-state index contributed by atoms with van der Waals surface area (Å²) < 4.78 is 1.15. The average Bonchev–Trinajstić information content (AvgIpc) is 2.37. The second-order valence-electron chi connectivity index (χ2n) is 2.15. The third kappa shape index (κ3) is 2.91. The van der Waals surface area contributed by atoms with Crippen molar-refractivity contribution in [1.82, 2.24) is 5.32 Å². The lowest BCUT2D eigenvalue weighted by molar-refractivity contribution is 0.292. The van der Waals surface area contributed by atoms with Crippen LogP contribution in [0, 0.1) is 0 Å². The van der Waals surface area contributed by atoms with Crippen molar-refractivity contribution in [3.05, 3.63) is 20.8 Å². The van der Waals surface area contributed by atoms with Gasteiger partial charge >= 0.3 is 0 Å². The third-order valence-electron chi connectivity index (χ3n) is 1.29. The molecule has 0 aromatic carbocycles. The summed E-state index contributed by atoms with van der Waals surface area (Å²) in [5.41, 5.74) is 1.25. The van der Waals surface area contributed by atoms with Gasteiger partial charge in [0.2, 0.25) is 0 Å². The number of halogens is 1. The summed E-state index contributed by atoms with van der Waals surface area (Å²) in [5.74, 6) is 0. The van der Waals surface area contributed by atoms with E-state index in [4.69, 9.17) is 5.11 Å². The Balaban J connectivity index is 2.32. The van der Waals surface area contributed by atoms with Crippen LogP contribution < -0.4 is 5.32 Å². The number of aliphatic hydroxyl groups excluding tert-OH is 1. The Morgan fingerprint density at radius 2 is 2.36 bits per heavy atom. The maximum Gasteiger partial charge on any atom is 0.0556 e. The first-order chi connectivity index (χ1) is 5.34. The van der Waals surface area contributed by atoms with Crippen LogP contribution in [0.15, 0.2) is 15.2 Å². The molecule has 0 atom stereocenters. The van der Waals surface area contributed by atoms with Crippen LogP contribution >= 0.6 is 27.3 Å². The topological polar surface area (TPSA) is 32.3 Å². The van der Waals surface area contributed by atoms with Gasteiger partial charge in [-0.25, -0.2) is 0 Å². The van der Waals surface area contributed by atoms with Crippen molar-refractivity contribution in [2.45, 2.75) is 6.54 Å². The van der Waals surface area contributed by atoms with E-state index < -0.39 is 0 Å². The van der Waals surface area contributed by atoms with Crippen LogP contribution in [0.25, 0.3) is 0 Å². The van der Waals surface area contributed by atoms with Crippen LogP contribution in [-0.4, -0.2) is 18.3 Å². The first-order valence-corrected chi connectivity index (χ1v) is 5.10. The van der Waals surface area contributed by atoms with Gasteiger partial charge in [0, 0.05) is 22.9 Å². The molecule has 0 aliphatic rings. The lowest BCUT2D eigenvalue weighted by Crippen LogP contribution is -2.17. The Morgan fingerprint density at radius 3 is 2.91 bits per heavy atom.